The summed E-state index contributed by atoms with van der Waals surface area (Å²) in [5, 5.41) is 4.31. The Bertz CT molecular complexity index is 733. The SMILES string of the molecule is [C-]#[O+].[CH2-]C.[Fe].c1cc[cH-]c1.c1ccc([PH+](c2ccccc2)c2ccccc2)cc1. The molecule has 0 amide bonds. The summed E-state index contributed by atoms with van der Waals surface area (Å²) in [5.41, 5.74) is 0. The van der Waals surface area contributed by atoms with Gasteiger partial charge in [0.15, 0.2) is 0 Å². The van der Waals surface area contributed by atoms with Crippen LogP contribution in [0.5, 0.6) is 0 Å². The molecule has 150 valence electrons. The van der Waals surface area contributed by atoms with Gasteiger partial charge in [-0.3, -0.25) is 0 Å². The Labute approximate surface area is 187 Å². The van der Waals surface area contributed by atoms with Crippen molar-refractivity contribution in [2.24, 2.45) is 0 Å². The fourth-order valence-corrected chi connectivity index (χ4v) is 5.21. The minimum Gasteiger partial charge on any atom is -0.346 e. The molecule has 1 nitrogen and oxygen atoms in total. The van der Waals surface area contributed by atoms with Crippen molar-refractivity contribution in [3.8, 4) is 0 Å². The van der Waals surface area contributed by atoms with Crippen LogP contribution in [0.1, 0.15) is 6.92 Å². The predicted octanol–water partition coefficient (Wildman–Crippen LogP) is 5.38. The topological polar surface area (TPSA) is 19.9 Å². The summed E-state index contributed by atoms with van der Waals surface area (Å²) >= 11 is 0. The van der Waals surface area contributed by atoms with Crippen molar-refractivity contribution < 1.29 is 21.7 Å². The van der Waals surface area contributed by atoms with Gasteiger partial charge in [0.25, 0.3) is 0 Å². The zero-order valence-electron chi connectivity index (χ0n) is 16.5. The summed E-state index contributed by atoms with van der Waals surface area (Å²) in [6.07, 6.45) is 0. The van der Waals surface area contributed by atoms with Gasteiger partial charge < -0.3 is 6.92 Å². The Morgan fingerprint density at radius 2 is 0.862 bits per heavy atom. The van der Waals surface area contributed by atoms with E-state index in [-0.39, 0.29) is 17.1 Å². The molecule has 0 atom stereocenters. The molecular weight excluding hydrogens is 415 g/mol. The largest absolute Gasteiger partial charge is 0.346 e. The Balaban J connectivity index is 0.000000667. The summed E-state index contributed by atoms with van der Waals surface area (Å²) in [4.78, 5) is 0. The third kappa shape index (κ3) is 9.64. The average Bonchev–Trinajstić information content (AvgIpc) is 3.39. The maximum atomic E-state index is 7.50. The maximum Gasteiger partial charge on any atom is 0.102 e. The molecule has 0 aliphatic heterocycles. The summed E-state index contributed by atoms with van der Waals surface area (Å²) < 4.78 is 7.50. The van der Waals surface area contributed by atoms with Gasteiger partial charge in [-0.2, -0.15) is 25.1 Å². The Morgan fingerprint density at radius 3 is 1.07 bits per heavy atom. The van der Waals surface area contributed by atoms with Gasteiger partial charge in [0.2, 0.25) is 0 Å². The summed E-state index contributed by atoms with van der Waals surface area (Å²) in [7, 11) is -0.877. The normalized spacial score (nSPS) is 8.59. The minimum atomic E-state index is -0.877. The summed E-state index contributed by atoms with van der Waals surface area (Å²) in [5.74, 6) is 0. The molecule has 0 aliphatic carbocycles. The van der Waals surface area contributed by atoms with Crippen LogP contribution in [0.15, 0.2) is 121 Å². The second-order valence-electron chi connectivity index (χ2n) is 5.44. The van der Waals surface area contributed by atoms with E-state index < -0.39 is 7.92 Å². The standard InChI is InChI=1S/C18H15P.C5H5.C2H5.CO.Fe/c1-4-10-16(11-5-1)19(17-12-6-2-7-13-17)18-14-8-3-9-15-18;1-2-4-5-3-1;2*1-2;/h1-15H;1-5H;1H2,2H3;;/q;2*-1;;/p+1. The summed E-state index contributed by atoms with van der Waals surface area (Å²) in [6, 6.07) is 42.5. The molecule has 0 radical (unpaired) electrons. The first-order valence-electron chi connectivity index (χ1n) is 9.06. The van der Waals surface area contributed by atoms with E-state index >= 15 is 0 Å². The van der Waals surface area contributed by atoms with E-state index in [0.717, 1.165) is 0 Å². The third-order valence-electron chi connectivity index (χ3n) is 3.74. The van der Waals surface area contributed by atoms with Crippen molar-refractivity contribution in [2.45, 2.75) is 6.92 Å². The van der Waals surface area contributed by atoms with Gasteiger partial charge in [-0.05, 0) is 36.4 Å². The molecule has 4 aromatic carbocycles. The molecule has 0 N–H and O–H groups in total. The fourth-order valence-electron chi connectivity index (χ4n) is 2.64. The molecule has 0 aliphatic rings. The van der Waals surface area contributed by atoms with Gasteiger partial charge in [-0.25, -0.2) is 12.1 Å². The number of hydrogen-bond donors (Lipinski definition) is 0. The van der Waals surface area contributed by atoms with Gasteiger partial charge in [-0.15, -0.1) is 0 Å². The van der Waals surface area contributed by atoms with E-state index in [1.807, 2.05) is 30.3 Å². The molecular formula is C26H26FeOP-. The van der Waals surface area contributed by atoms with E-state index in [2.05, 4.69) is 105 Å². The van der Waals surface area contributed by atoms with Crippen molar-refractivity contribution in [1.29, 1.82) is 0 Å². The number of rotatable bonds is 3. The van der Waals surface area contributed by atoms with Crippen molar-refractivity contribution in [2.75, 3.05) is 0 Å². The van der Waals surface area contributed by atoms with Crippen molar-refractivity contribution in [3.05, 3.63) is 135 Å². The van der Waals surface area contributed by atoms with Crippen molar-refractivity contribution in [3.63, 3.8) is 0 Å². The van der Waals surface area contributed by atoms with Crippen molar-refractivity contribution >= 4 is 23.8 Å². The van der Waals surface area contributed by atoms with Gasteiger partial charge in [0.05, 0.1) is 7.92 Å². The zero-order chi connectivity index (χ0) is 20.5. The third-order valence-corrected chi connectivity index (χ3v) is 6.47. The minimum absolute atomic E-state index is 0. The van der Waals surface area contributed by atoms with E-state index in [1.165, 1.54) is 15.9 Å². The maximum absolute atomic E-state index is 7.50. The fraction of sp³-hybridized carbons (Fsp3) is 0.0385. The zero-order valence-corrected chi connectivity index (χ0v) is 18.6. The van der Waals surface area contributed by atoms with Gasteiger partial charge in [-0.1, -0.05) is 54.6 Å². The van der Waals surface area contributed by atoms with Crippen LogP contribution >= 0.6 is 7.92 Å². The number of hydrogen-bond acceptors (Lipinski definition) is 0. The molecule has 4 rings (SSSR count). The van der Waals surface area contributed by atoms with E-state index in [4.69, 9.17) is 4.65 Å². The van der Waals surface area contributed by atoms with Crippen LogP contribution in [0.2, 0.25) is 0 Å². The van der Waals surface area contributed by atoms with Gasteiger partial charge in [0, 0.05) is 17.1 Å². The molecule has 4 aromatic rings. The molecule has 0 heterocycles. The quantitative estimate of drug-likeness (QED) is 0.176. The first-order valence-corrected chi connectivity index (χ1v) is 10.6. The molecule has 0 aromatic heterocycles. The van der Waals surface area contributed by atoms with Crippen LogP contribution in [0, 0.1) is 13.6 Å². The second-order valence-corrected chi connectivity index (χ2v) is 7.92. The first kappa shape index (κ1) is 26.7. The Kier molecular flexibility index (Phi) is 16.4. The molecule has 0 saturated carbocycles. The molecule has 0 fully saturated rings. The smallest absolute Gasteiger partial charge is 0.102 e. The molecule has 0 unspecified atom stereocenters. The van der Waals surface area contributed by atoms with E-state index in [1.54, 1.807) is 6.92 Å². The Morgan fingerprint density at radius 1 is 0.586 bits per heavy atom. The van der Waals surface area contributed by atoms with Crippen LogP contribution in [0.25, 0.3) is 0 Å². The van der Waals surface area contributed by atoms with Crippen molar-refractivity contribution in [1.82, 2.24) is 0 Å². The van der Waals surface area contributed by atoms with E-state index in [9.17, 15) is 0 Å². The Hall–Kier alpha value is -2.30. The molecule has 0 saturated heterocycles. The predicted molar refractivity (Wildman–Crippen MR) is 124 cm³/mol. The molecule has 0 spiro atoms. The van der Waals surface area contributed by atoms with Crippen LogP contribution in [0.3, 0.4) is 0 Å². The molecule has 3 heteroatoms. The van der Waals surface area contributed by atoms with Crippen LogP contribution < -0.4 is 15.9 Å². The van der Waals surface area contributed by atoms with Crippen LogP contribution in [0.4, 0.5) is 0 Å². The van der Waals surface area contributed by atoms with Gasteiger partial charge in [0.1, 0.15) is 15.9 Å². The molecule has 0 bridgehead atoms. The summed E-state index contributed by atoms with van der Waals surface area (Å²) in [6.45, 7) is 9.50. The van der Waals surface area contributed by atoms with Crippen LogP contribution in [-0.2, 0) is 21.7 Å². The first-order chi connectivity index (χ1) is 13.9. The van der Waals surface area contributed by atoms with Gasteiger partial charge >= 0.3 is 11.3 Å². The molecule has 29 heavy (non-hydrogen) atoms. The number of benzene rings is 3. The monoisotopic (exact) mass is 441 g/mol. The second kappa shape index (κ2) is 17.8. The van der Waals surface area contributed by atoms with Crippen LogP contribution in [-0.4, -0.2) is 0 Å². The average molecular weight is 441 g/mol. The van der Waals surface area contributed by atoms with E-state index in [0.29, 0.717) is 0 Å².